The van der Waals surface area contributed by atoms with E-state index >= 15 is 0 Å². The van der Waals surface area contributed by atoms with Crippen LogP contribution in [0.1, 0.15) is 18.2 Å². The molecule has 0 atom stereocenters. The topological polar surface area (TPSA) is 30.7 Å². The summed E-state index contributed by atoms with van der Waals surface area (Å²) in [7, 11) is 0. The highest BCUT2D eigenvalue weighted by atomic mass is 35.5. The fraction of sp³-hybridized carbons (Fsp3) is 0.273. The van der Waals surface area contributed by atoms with Crippen LogP contribution in [0.4, 0.5) is 0 Å². The second-order valence-electron chi connectivity index (χ2n) is 3.42. The largest absolute Gasteiger partial charge is 0.237 e. The van der Waals surface area contributed by atoms with Crippen LogP contribution in [-0.2, 0) is 6.42 Å². The maximum atomic E-state index is 6.07. The third kappa shape index (κ3) is 2.02. The van der Waals surface area contributed by atoms with E-state index in [0.29, 0.717) is 5.15 Å². The third-order valence-corrected chi connectivity index (χ3v) is 2.47. The van der Waals surface area contributed by atoms with Crippen LogP contribution in [0, 0.1) is 6.92 Å². The van der Waals surface area contributed by atoms with Crippen LogP contribution in [0.3, 0.4) is 0 Å². The Kier molecular flexibility index (Phi) is 2.73. The van der Waals surface area contributed by atoms with Gasteiger partial charge in [0, 0.05) is 6.20 Å². The van der Waals surface area contributed by atoms with Gasteiger partial charge >= 0.3 is 0 Å². The fourth-order valence-corrected chi connectivity index (χ4v) is 1.62. The van der Waals surface area contributed by atoms with Crippen LogP contribution in [0.25, 0.3) is 5.82 Å². The zero-order valence-electron chi connectivity index (χ0n) is 8.74. The first-order chi connectivity index (χ1) is 7.20. The summed E-state index contributed by atoms with van der Waals surface area (Å²) in [5, 5.41) is 4.96. The van der Waals surface area contributed by atoms with Gasteiger partial charge in [0.2, 0.25) is 0 Å². The van der Waals surface area contributed by atoms with Gasteiger partial charge in [-0.25, -0.2) is 9.67 Å². The minimum Gasteiger partial charge on any atom is -0.237 e. The average Bonchev–Trinajstić information content (AvgIpc) is 2.60. The average molecular weight is 222 g/mol. The molecule has 15 heavy (non-hydrogen) atoms. The molecule has 0 amide bonds. The molecular formula is C11H12ClN3. The summed E-state index contributed by atoms with van der Waals surface area (Å²) < 4.78 is 1.66. The molecule has 0 radical (unpaired) electrons. The Morgan fingerprint density at radius 2 is 2.20 bits per heavy atom. The second kappa shape index (κ2) is 4.03. The van der Waals surface area contributed by atoms with E-state index in [2.05, 4.69) is 10.1 Å². The van der Waals surface area contributed by atoms with Crippen LogP contribution in [-0.4, -0.2) is 14.8 Å². The monoisotopic (exact) mass is 221 g/mol. The molecule has 0 spiro atoms. The lowest BCUT2D eigenvalue weighted by atomic mass is 10.3. The standard InChI is InChI=1S/C11H12ClN3/c1-3-9-7-10(12)15(14-9)11-6-8(2)4-5-13-11/h4-7H,3H2,1-2H3. The highest BCUT2D eigenvalue weighted by Crippen LogP contribution is 2.16. The molecule has 0 aliphatic carbocycles. The zero-order chi connectivity index (χ0) is 10.8. The number of pyridine rings is 1. The van der Waals surface area contributed by atoms with E-state index in [1.54, 1.807) is 10.9 Å². The molecule has 0 saturated carbocycles. The first-order valence-corrected chi connectivity index (χ1v) is 5.26. The van der Waals surface area contributed by atoms with E-state index in [4.69, 9.17) is 11.6 Å². The number of halogens is 1. The summed E-state index contributed by atoms with van der Waals surface area (Å²) in [4.78, 5) is 4.23. The first-order valence-electron chi connectivity index (χ1n) is 4.88. The van der Waals surface area contributed by atoms with Gasteiger partial charge in [0.25, 0.3) is 0 Å². The van der Waals surface area contributed by atoms with Crippen molar-refractivity contribution in [1.82, 2.24) is 14.8 Å². The quantitative estimate of drug-likeness (QED) is 0.781. The SMILES string of the molecule is CCc1cc(Cl)n(-c2cc(C)ccn2)n1. The van der Waals surface area contributed by atoms with Crippen molar-refractivity contribution in [3.05, 3.63) is 40.8 Å². The normalized spacial score (nSPS) is 10.6. The Morgan fingerprint density at radius 3 is 2.80 bits per heavy atom. The van der Waals surface area contributed by atoms with Crippen molar-refractivity contribution in [1.29, 1.82) is 0 Å². The van der Waals surface area contributed by atoms with E-state index < -0.39 is 0 Å². The van der Waals surface area contributed by atoms with E-state index in [1.165, 1.54) is 0 Å². The molecule has 0 saturated heterocycles. The van der Waals surface area contributed by atoms with Crippen LogP contribution in [0.5, 0.6) is 0 Å². The van der Waals surface area contributed by atoms with Gasteiger partial charge in [-0.05, 0) is 37.1 Å². The smallest absolute Gasteiger partial charge is 0.155 e. The minimum atomic E-state index is 0.602. The van der Waals surface area contributed by atoms with Crippen molar-refractivity contribution in [2.75, 3.05) is 0 Å². The Morgan fingerprint density at radius 1 is 1.40 bits per heavy atom. The zero-order valence-corrected chi connectivity index (χ0v) is 9.49. The number of hydrogen-bond donors (Lipinski definition) is 0. The summed E-state index contributed by atoms with van der Waals surface area (Å²) in [5.74, 6) is 0.764. The molecule has 0 N–H and O–H groups in total. The molecule has 2 aromatic rings. The minimum absolute atomic E-state index is 0.602. The van der Waals surface area contributed by atoms with Gasteiger partial charge in [-0.15, -0.1) is 0 Å². The van der Waals surface area contributed by atoms with E-state index in [0.717, 1.165) is 23.5 Å². The highest BCUT2D eigenvalue weighted by molar-refractivity contribution is 6.29. The summed E-state index contributed by atoms with van der Waals surface area (Å²) in [6.07, 6.45) is 2.63. The summed E-state index contributed by atoms with van der Waals surface area (Å²) in [6.45, 7) is 4.07. The number of nitrogens with zero attached hydrogens (tertiary/aromatic N) is 3. The molecule has 0 bridgehead atoms. The van der Waals surface area contributed by atoms with Crippen molar-refractivity contribution in [3.63, 3.8) is 0 Å². The number of hydrogen-bond acceptors (Lipinski definition) is 2. The summed E-state index contributed by atoms with van der Waals surface area (Å²) >= 11 is 6.07. The van der Waals surface area contributed by atoms with Crippen LogP contribution < -0.4 is 0 Å². The molecule has 0 aliphatic heterocycles. The van der Waals surface area contributed by atoms with Crippen molar-refractivity contribution in [2.24, 2.45) is 0 Å². The van der Waals surface area contributed by atoms with Gasteiger partial charge in [0.05, 0.1) is 5.69 Å². The molecule has 2 heterocycles. The Labute approximate surface area is 93.7 Å². The predicted octanol–water partition coefficient (Wildman–Crippen LogP) is 2.79. The lowest BCUT2D eigenvalue weighted by molar-refractivity contribution is 0.815. The fourth-order valence-electron chi connectivity index (χ4n) is 1.37. The van der Waals surface area contributed by atoms with Gasteiger partial charge < -0.3 is 0 Å². The maximum Gasteiger partial charge on any atom is 0.155 e. The molecule has 2 aromatic heterocycles. The molecule has 4 heteroatoms. The van der Waals surface area contributed by atoms with Gasteiger partial charge in [-0.1, -0.05) is 18.5 Å². The first kappa shape index (κ1) is 10.2. The highest BCUT2D eigenvalue weighted by Gasteiger charge is 2.07. The summed E-state index contributed by atoms with van der Waals surface area (Å²) in [6, 6.07) is 5.77. The van der Waals surface area contributed by atoms with E-state index in [1.807, 2.05) is 32.0 Å². The third-order valence-electron chi connectivity index (χ3n) is 2.20. The lowest BCUT2D eigenvalue weighted by Gasteiger charge is -2.02. The van der Waals surface area contributed by atoms with Crippen LogP contribution in [0.15, 0.2) is 24.4 Å². The van der Waals surface area contributed by atoms with Crippen molar-refractivity contribution < 1.29 is 0 Å². The molecule has 2 rings (SSSR count). The van der Waals surface area contributed by atoms with E-state index in [9.17, 15) is 0 Å². The number of aryl methyl sites for hydroxylation is 2. The Bertz CT molecular complexity index is 476. The molecule has 0 aromatic carbocycles. The molecule has 3 nitrogen and oxygen atoms in total. The lowest BCUT2D eigenvalue weighted by Crippen LogP contribution is -2.00. The number of rotatable bonds is 2. The van der Waals surface area contributed by atoms with Gasteiger partial charge in [0.15, 0.2) is 5.82 Å². The van der Waals surface area contributed by atoms with E-state index in [-0.39, 0.29) is 0 Å². The Hall–Kier alpha value is -1.35. The Balaban J connectivity index is 2.48. The van der Waals surface area contributed by atoms with Crippen LogP contribution >= 0.6 is 11.6 Å². The molecule has 0 fully saturated rings. The number of aromatic nitrogens is 3. The second-order valence-corrected chi connectivity index (χ2v) is 3.80. The predicted molar refractivity (Wildman–Crippen MR) is 60.5 cm³/mol. The summed E-state index contributed by atoms with van der Waals surface area (Å²) in [5.41, 5.74) is 2.12. The van der Waals surface area contributed by atoms with Crippen molar-refractivity contribution in [3.8, 4) is 5.82 Å². The molecular weight excluding hydrogens is 210 g/mol. The molecule has 0 unspecified atom stereocenters. The van der Waals surface area contributed by atoms with Gasteiger partial charge in [-0.2, -0.15) is 5.10 Å². The molecule has 0 aliphatic rings. The maximum absolute atomic E-state index is 6.07. The molecule has 78 valence electrons. The van der Waals surface area contributed by atoms with Crippen LogP contribution in [0.2, 0.25) is 5.15 Å². The van der Waals surface area contributed by atoms with Gasteiger partial charge in [-0.3, -0.25) is 0 Å². The van der Waals surface area contributed by atoms with Crippen molar-refractivity contribution >= 4 is 11.6 Å². The van der Waals surface area contributed by atoms with Gasteiger partial charge in [0.1, 0.15) is 5.15 Å². The van der Waals surface area contributed by atoms with Crippen molar-refractivity contribution in [2.45, 2.75) is 20.3 Å².